The van der Waals surface area contributed by atoms with Crippen LogP contribution in [0.5, 0.6) is 0 Å². The van der Waals surface area contributed by atoms with Gasteiger partial charge in [-0.2, -0.15) is 0 Å². The van der Waals surface area contributed by atoms with E-state index in [1.165, 1.54) is 18.4 Å². The molecule has 0 saturated heterocycles. The number of nitrogens with two attached hydrogens (primary N) is 1. The summed E-state index contributed by atoms with van der Waals surface area (Å²) in [6, 6.07) is 0. The molecule has 0 fully saturated rings. The minimum atomic E-state index is -0.256. The van der Waals surface area contributed by atoms with Gasteiger partial charge in [0.05, 0.1) is 17.0 Å². The number of thiazole rings is 1. The quantitative estimate of drug-likeness (QED) is 0.507. The van der Waals surface area contributed by atoms with Crippen molar-refractivity contribution in [1.82, 2.24) is 4.98 Å². The predicted octanol–water partition coefficient (Wildman–Crippen LogP) is 2.64. The van der Waals surface area contributed by atoms with Crippen molar-refractivity contribution in [2.24, 2.45) is 0 Å². The zero-order valence-corrected chi connectivity index (χ0v) is 11.8. The van der Waals surface area contributed by atoms with E-state index >= 15 is 0 Å². The molecule has 6 heteroatoms. The van der Waals surface area contributed by atoms with Crippen LogP contribution in [-0.2, 0) is 9.53 Å². The molecule has 0 atom stereocenters. The third kappa shape index (κ3) is 4.05. The minimum Gasteiger partial charge on any atom is -0.466 e. The second-order valence-corrected chi connectivity index (χ2v) is 5.63. The number of methoxy groups -OCH3 is 1. The Morgan fingerprint density at radius 3 is 2.82 bits per heavy atom. The van der Waals surface area contributed by atoms with Gasteiger partial charge in [0, 0.05) is 11.3 Å². The van der Waals surface area contributed by atoms with E-state index in [1.54, 1.807) is 11.8 Å². The Kier molecular flexibility index (Phi) is 5.50. The number of ether oxygens (including phenoxy) is 1. The number of nitrogen functional groups attached to an aromatic ring is 1. The molecule has 0 aromatic carbocycles. The third-order valence-electron chi connectivity index (χ3n) is 2.14. The molecule has 4 nitrogen and oxygen atoms in total. The number of anilines is 1. The van der Waals surface area contributed by atoms with Crippen molar-refractivity contribution in [3.63, 3.8) is 0 Å². The molecule has 2 N–H and O–H groups in total. The summed E-state index contributed by atoms with van der Waals surface area (Å²) in [6.07, 6.45) is 2.57. The molecule has 17 heavy (non-hydrogen) atoms. The summed E-state index contributed by atoms with van der Waals surface area (Å²) in [7, 11) is 1.40. The van der Waals surface area contributed by atoms with Crippen LogP contribution in [0.15, 0.2) is 15.9 Å². The van der Waals surface area contributed by atoms with E-state index in [0.717, 1.165) is 15.7 Å². The lowest BCUT2D eigenvalue weighted by Gasteiger charge is -2.01. The summed E-state index contributed by atoms with van der Waals surface area (Å²) >= 11 is 3.10. The SMILES string of the molecule is CCC(=CCSc1sc(N)nc1C)C(=O)OC. The molecule has 0 amide bonds. The predicted molar refractivity (Wildman–Crippen MR) is 72.4 cm³/mol. The molecule has 0 aliphatic heterocycles. The van der Waals surface area contributed by atoms with Crippen molar-refractivity contribution in [3.05, 3.63) is 17.3 Å². The largest absolute Gasteiger partial charge is 0.466 e. The summed E-state index contributed by atoms with van der Waals surface area (Å²) in [5, 5.41) is 0.581. The average Bonchev–Trinajstić information content (AvgIpc) is 2.62. The van der Waals surface area contributed by atoms with Crippen LogP contribution in [0.1, 0.15) is 19.0 Å². The fourth-order valence-corrected chi connectivity index (χ4v) is 3.21. The van der Waals surface area contributed by atoms with Crippen LogP contribution < -0.4 is 5.73 Å². The molecule has 0 unspecified atom stereocenters. The Balaban J connectivity index is 2.59. The number of carbonyl (C=O) groups is 1. The molecule has 0 aliphatic rings. The molecule has 0 radical (unpaired) electrons. The highest BCUT2D eigenvalue weighted by Gasteiger charge is 2.08. The lowest BCUT2D eigenvalue weighted by molar-refractivity contribution is -0.136. The molecular formula is C11H16N2O2S2. The zero-order valence-electron chi connectivity index (χ0n) is 10.1. The van der Waals surface area contributed by atoms with E-state index in [-0.39, 0.29) is 5.97 Å². The smallest absolute Gasteiger partial charge is 0.333 e. The van der Waals surface area contributed by atoms with E-state index in [2.05, 4.69) is 9.72 Å². The summed E-state index contributed by atoms with van der Waals surface area (Å²) in [4.78, 5) is 15.5. The lowest BCUT2D eigenvalue weighted by Crippen LogP contribution is -2.04. The Labute approximate surface area is 109 Å². The average molecular weight is 272 g/mol. The van der Waals surface area contributed by atoms with Crippen LogP contribution in [0.2, 0.25) is 0 Å². The number of thioether (sulfide) groups is 1. The molecule has 1 aromatic rings. The fourth-order valence-electron chi connectivity index (χ4n) is 1.26. The van der Waals surface area contributed by atoms with Crippen LogP contribution in [0.25, 0.3) is 0 Å². The van der Waals surface area contributed by atoms with Crippen molar-refractivity contribution >= 4 is 34.2 Å². The fraction of sp³-hybridized carbons (Fsp3) is 0.455. The lowest BCUT2D eigenvalue weighted by atomic mass is 10.2. The van der Waals surface area contributed by atoms with Gasteiger partial charge in [-0.05, 0) is 13.3 Å². The molecule has 0 bridgehead atoms. The molecule has 1 rings (SSSR count). The van der Waals surface area contributed by atoms with Gasteiger partial charge in [-0.1, -0.05) is 24.3 Å². The Hall–Kier alpha value is -1.01. The van der Waals surface area contributed by atoms with Gasteiger partial charge >= 0.3 is 5.97 Å². The molecule has 1 heterocycles. The second kappa shape index (κ2) is 6.66. The van der Waals surface area contributed by atoms with Gasteiger partial charge in [0.25, 0.3) is 0 Å². The van der Waals surface area contributed by atoms with Crippen LogP contribution in [-0.4, -0.2) is 23.8 Å². The number of aryl methyl sites for hydroxylation is 1. The van der Waals surface area contributed by atoms with Gasteiger partial charge in [-0.15, -0.1) is 11.8 Å². The molecule has 94 valence electrons. The van der Waals surface area contributed by atoms with Crippen molar-refractivity contribution in [1.29, 1.82) is 0 Å². The number of aromatic nitrogens is 1. The number of nitrogens with zero attached hydrogens (tertiary/aromatic N) is 1. The van der Waals surface area contributed by atoms with Crippen molar-refractivity contribution < 1.29 is 9.53 Å². The first-order valence-electron chi connectivity index (χ1n) is 5.21. The highest BCUT2D eigenvalue weighted by Crippen LogP contribution is 2.30. The van der Waals surface area contributed by atoms with Gasteiger partial charge in [0.2, 0.25) is 0 Å². The normalized spacial score (nSPS) is 11.6. The topological polar surface area (TPSA) is 65.2 Å². The van der Waals surface area contributed by atoms with E-state index < -0.39 is 0 Å². The maximum Gasteiger partial charge on any atom is 0.333 e. The monoisotopic (exact) mass is 272 g/mol. The number of hydrogen-bond donors (Lipinski definition) is 1. The summed E-state index contributed by atoms with van der Waals surface area (Å²) in [5.41, 5.74) is 7.26. The van der Waals surface area contributed by atoms with E-state index in [9.17, 15) is 4.79 Å². The highest BCUT2D eigenvalue weighted by atomic mass is 32.2. The molecule has 1 aromatic heterocycles. The van der Waals surface area contributed by atoms with Crippen molar-refractivity contribution in [2.45, 2.75) is 24.5 Å². The molecule has 0 saturated carbocycles. The van der Waals surface area contributed by atoms with E-state index in [1.807, 2.05) is 19.9 Å². The van der Waals surface area contributed by atoms with Crippen LogP contribution >= 0.6 is 23.1 Å². The molecular weight excluding hydrogens is 256 g/mol. The van der Waals surface area contributed by atoms with Gasteiger partial charge < -0.3 is 10.5 Å². The van der Waals surface area contributed by atoms with Gasteiger partial charge in [-0.3, -0.25) is 0 Å². The van der Waals surface area contributed by atoms with Crippen molar-refractivity contribution in [2.75, 3.05) is 18.6 Å². The molecule has 0 spiro atoms. The standard InChI is InChI=1S/C11H16N2O2S2/c1-4-8(9(14)15-3)5-6-16-10-7(2)13-11(12)17-10/h5H,4,6H2,1-3H3,(H2,12,13). The number of esters is 1. The number of rotatable bonds is 5. The summed E-state index contributed by atoms with van der Waals surface area (Å²) in [5.74, 6) is 0.467. The Morgan fingerprint density at radius 1 is 1.65 bits per heavy atom. The Bertz CT molecular complexity index is 427. The third-order valence-corrected chi connectivity index (χ3v) is 4.42. The minimum absolute atomic E-state index is 0.256. The molecule has 0 aliphatic carbocycles. The van der Waals surface area contributed by atoms with Gasteiger partial charge in [0.1, 0.15) is 0 Å². The van der Waals surface area contributed by atoms with Gasteiger partial charge in [-0.25, -0.2) is 9.78 Å². The zero-order chi connectivity index (χ0) is 12.8. The van der Waals surface area contributed by atoms with Crippen LogP contribution in [0.4, 0.5) is 5.13 Å². The maximum atomic E-state index is 11.3. The number of carbonyl (C=O) groups excluding carboxylic acids is 1. The first-order valence-corrected chi connectivity index (χ1v) is 7.01. The number of hydrogen-bond acceptors (Lipinski definition) is 6. The summed E-state index contributed by atoms with van der Waals surface area (Å²) in [6.45, 7) is 3.86. The maximum absolute atomic E-state index is 11.3. The first-order chi connectivity index (χ1) is 8.08. The van der Waals surface area contributed by atoms with E-state index in [4.69, 9.17) is 5.73 Å². The highest BCUT2D eigenvalue weighted by molar-refractivity contribution is 8.01. The van der Waals surface area contributed by atoms with Crippen LogP contribution in [0, 0.1) is 6.92 Å². The first kappa shape index (κ1) is 14.1. The van der Waals surface area contributed by atoms with Crippen LogP contribution in [0.3, 0.4) is 0 Å². The van der Waals surface area contributed by atoms with E-state index in [0.29, 0.717) is 17.1 Å². The van der Waals surface area contributed by atoms with Crippen molar-refractivity contribution in [3.8, 4) is 0 Å². The summed E-state index contributed by atoms with van der Waals surface area (Å²) < 4.78 is 5.78. The second-order valence-electron chi connectivity index (χ2n) is 3.31. The van der Waals surface area contributed by atoms with Gasteiger partial charge in [0.15, 0.2) is 5.13 Å². The Morgan fingerprint density at radius 2 is 2.35 bits per heavy atom.